The van der Waals surface area contributed by atoms with Gasteiger partial charge in [0.05, 0.1) is 12.2 Å². The van der Waals surface area contributed by atoms with E-state index < -0.39 is 6.23 Å². The van der Waals surface area contributed by atoms with Crippen LogP contribution in [-0.4, -0.2) is 38.7 Å². The van der Waals surface area contributed by atoms with Crippen LogP contribution in [0.4, 0.5) is 5.82 Å². The molecule has 1 atom stereocenters. The molecule has 15 heavy (non-hydrogen) atoms. The molecule has 0 saturated carbocycles. The Morgan fingerprint density at radius 3 is 3.20 bits per heavy atom. The van der Waals surface area contributed by atoms with Crippen molar-refractivity contribution in [1.82, 2.24) is 14.9 Å². The Hall–Kier alpha value is -1.76. The lowest BCUT2D eigenvalue weighted by atomic mass is 10.2. The number of rotatable bonds is 0. The SMILES string of the molecule is O=c1[nH]c2c([nH]1)NC1=NC(O)CCN1C2. The molecule has 7 nitrogen and oxygen atoms in total. The van der Waals surface area contributed by atoms with Gasteiger partial charge < -0.3 is 20.3 Å². The van der Waals surface area contributed by atoms with E-state index in [1.54, 1.807) is 0 Å². The van der Waals surface area contributed by atoms with Crippen molar-refractivity contribution >= 4 is 11.8 Å². The summed E-state index contributed by atoms with van der Waals surface area (Å²) in [5.74, 6) is 1.26. The molecular formula is C8H11N5O2. The second-order valence-electron chi connectivity index (χ2n) is 3.70. The molecule has 3 rings (SSSR count). The van der Waals surface area contributed by atoms with Crippen LogP contribution < -0.4 is 11.0 Å². The van der Waals surface area contributed by atoms with Crippen LogP contribution in [0, 0.1) is 0 Å². The molecule has 0 aromatic carbocycles. The molecule has 0 saturated heterocycles. The number of nitrogens with zero attached hydrogens (tertiary/aromatic N) is 2. The lowest BCUT2D eigenvalue weighted by molar-refractivity contribution is 0.146. The summed E-state index contributed by atoms with van der Waals surface area (Å²) in [5.41, 5.74) is 0.601. The van der Waals surface area contributed by atoms with Gasteiger partial charge in [-0.2, -0.15) is 0 Å². The topological polar surface area (TPSA) is 96.5 Å². The molecule has 0 aliphatic carbocycles. The third kappa shape index (κ3) is 1.32. The van der Waals surface area contributed by atoms with Crippen molar-refractivity contribution in [2.75, 3.05) is 11.9 Å². The molecule has 1 unspecified atom stereocenters. The number of hydrogen-bond donors (Lipinski definition) is 4. The number of aliphatic hydroxyl groups is 1. The number of aromatic amines is 2. The summed E-state index contributed by atoms with van der Waals surface area (Å²) in [7, 11) is 0. The first-order chi connectivity index (χ1) is 7.22. The summed E-state index contributed by atoms with van der Waals surface area (Å²) in [6.45, 7) is 1.35. The maximum absolute atomic E-state index is 11.1. The van der Waals surface area contributed by atoms with E-state index in [1.807, 2.05) is 4.90 Å². The summed E-state index contributed by atoms with van der Waals surface area (Å²) >= 11 is 0. The second kappa shape index (κ2) is 2.86. The van der Waals surface area contributed by atoms with Crippen LogP contribution in [0.3, 0.4) is 0 Å². The zero-order chi connectivity index (χ0) is 10.4. The number of fused-ring (bicyclic) bond motifs is 2. The van der Waals surface area contributed by atoms with Crippen molar-refractivity contribution in [3.8, 4) is 0 Å². The minimum Gasteiger partial charge on any atom is -0.372 e. The summed E-state index contributed by atoms with van der Waals surface area (Å²) in [5, 5.41) is 12.3. The van der Waals surface area contributed by atoms with E-state index in [-0.39, 0.29) is 5.69 Å². The van der Waals surface area contributed by atoms with Gasteiger partial charge in [0.15, 0.2) is 6.23 Å². The van der Waals surface area contributed by atoms with Crippen LogP contribution in [0.5, 0.6) is 0 Å². The minimum absolute atomic E-state index is 0.228. The number of nitrogens with one attached hydrogen (secondary N) is 3. The first-order valence-corrected chi connectivity index (χ1v) is 4.81. The third-order valence-corrected chi connectivity index (χ3v) is 2.62. The van der Waals surface area contributed by atoms with Gasteiger partial charge in [0, 0.05) is 13.0 Å². The smallest absolute Gasteiger partial charge is 0.324 e. The van der Waals surface area contributed by atoms with Gasteiger partial charge in [-0.05, 0) is 0 Å². The maximum atomic E-state index is 11.1. The predicted octanol–water partition coefficient (Wildman–Crippen LogP) is -0.991. The molecule has 2 aliphatic rings. The fourth-order valence-corrected chi connectivity index (χ4v) is 1.88. The van der Waals surface area contributed by atoms with Gasteiger partial charge in [0.25, 0.3) is 0 Å². The van der Waals surface area contributed by atoms with Crippen molar-refractivity contribution in [2.45, 2.75) is 19.2 Å². The zero-order valence-corrected chi connectivity index (χ0v) is 7.95. The highest BCUT2D eigenvalue weighted by molar-refractivity contribution is 5.95. The normalized spacial score (nSPS) is 23.9. The molecule has 80 valence electrons. The molecule has 1 aromatic heterocycles. The van der Waals surface area contributed by atoms with E-state index in [0.717, 1.165) is 12.2 Å². The monoisotopic (exact) mass is 209 g/mol. The molecule has 2 aliphatic heterocycles. The Morgan fingerprint density at radius 1 is 1.47 bits per heavy atom. The van der Waals surface area contributed by atoms with Crippen molar-refractivity contribution in [1.29, 1.82) is 0 Å². The van der Waals surface area contributed by atoms with E-state index in [9.17, 15) is 9.90 Å². The van der Waals surface area contributed by atoms with Gasteiger partial charge in [-0.25, -0.2) is 9.79 Å². The number of hydrogen-bond acceptors (Lipinski definition) is 5. The number of anilines is 1. The van der Waals surface area contributed by atoms with Crippen LogP contribution >= 0.6 is 0 Å². The van der Waals surface area contributed by atoms with Crippen LogP contribution in [0.2, 0.25) is 0 Å². The Kier molecular flexibility index (Phi) is 1.63. The van der Waals surface area contributed by atoms with E-state index in [0.29, 0.717) is 24.7 Å². The Labute approximate surface area is 84.8 Å². The predicted molar refractivity (Wildman–Crippen MR) is 53.5 cm³/mol. The van der Waals surface area contributed by atoms with Crippen LogP contribution in [0.15, 0.2) is 9.79 Å². The highest BCUT2D eigenvalue weighted by Crippen LogP contribution is 2.20. The van der Waals surface area contributed by atoms with Crippen LogP contribution in [0.1, 0.15) is 12.1 Å². The third-order valence-electron chi connectivity index (χ3n) is 2.62. The Balaban J connectivity index is 2.00. The molecule has 0 fully saturated rings. The van der Waals surface area contributed by atoms with Crippen LogP contribution in [-0.2, 0) is 6.54 Å². The van der Waals surface area contributed by atoms with Gasteiger partial charge >= 0.3 is 5.69 Å². The van der Waals surface area contributed by atoms with Gasteiger partial charge in [0.2, 0.25) is 5.96 Å². The van der Waals surface area contributed by atoms with Gasteiger partial charge in [-0.1, -0.05) is 0 Å². The number of H-pyrrole nitrogens is 2. The molecule has 0 spiro atoms. The number of guanidine groups is 1. The lowest BCUT2D eigenvalue weighted by Crippen LogP contribution is -2.45. The lowest BCUT2D eigenvalue weighted by Gasteiger charge is -2.34. The Bertz CT molecular complexity index is 474. The first-order valence-electron chi connectivity index (χ1n) is 4.81. The molecule has 3 heterocycles. The average molecular weight is 209 g/mol. The zero-order valence-electron chi connectivity index (χ0n) is 7.95. The number of aromatic nitrogens is 2. The average Bonchev–Trinajstić information content (AvgIpc) is 2.53. The molecule has 1 aromatic rings. The summed E-state index contributed by atoms with van der Waals surface area (Å²) in [4.78, 5) is 22.5. The summed E-state index contributed by atoms with van der Waals surface area (Å²) < 4.78 is 0. The van der Waals surface area contributed by atoms with Gasteiger partial charge in [-0.15, -0.1) is 0 Å². The standard InChI is InChI=1S/C8H11N5O2/c14-5-1-2-13-3-4-6(11-7(13)10-5)12-8(15)9-4/h5,14H,1-3H2,(H,10,11)(H2,9,12,15). The fourth-order valence-electron chi connectivity index (χ4n) is 1.88. The second-order valence-corrected chi connectivity index (χ2v) is 3.70. The van der Waals surface area contributed by atoms with Crippen LogP contribution in [0.25, 0.3) is 0 Å². The van der Waals surface area contributed by atoms with Crippen molar-refractivity contribution in [3.05, 3.63) is 16.2 Å². The van der Waals surface area contributed by atoms with Crippen molar-refractivity contribution in [2.24, 2.45) is 4.99 Å². The van der Waals surface area contributed by atoms with E-state index in [2.05, 4.69) is 20.3 Å². The van der Waals surface area contributed by atoms with E-state index in [1.165, 1.54) is 0 Å². The molecule has 0 radical (unpaired) electrons. The number of aliphatic imine (C=N–C) groups is 1. The number of imidazole rings is 1. The quantitative estimate of drug-likeness (QED) is 0.441. The van der Waals surface area contributed by atoms with Crippen molar-refractivity contribution < 1.29 is 5.11 Å². The molecule has 0 bridgehead atoms. The molecular weight excluding hydrogens is 198 g/mol. The Morgan fingerprint density at radius 2 is 2.33 bits per heavy atom. The van der Waals surface area contributed by atoms with E-state index in [4.69, 9.17) is 0 Å². The molecule has 4 N–H and O–H groups in total. The largest absolute Gasteiger partial charge is 0.372 e. The molecule has 7 heteroatoms. The number of aliphatic hydroxyl groups excluding tert-OH is 1. The summed E-state index contributed by atoms with van der Waals surface area (Å²) in [6, 6.07) is 0. The maximum Gasteiger partial charge on any atom is 0.324 e. The first kappa shape index (κ1) is 8.54. The highest BCUT2D eigenvalue weighted by atomic mass is 16.3. The summed E-state index contributed by atoms with van der Waals surface area (Å²) in [6.07, 6.45) is -0.0224. The fraction of sp³-hybridized carbons (Fsp3) is 0.500. The minimum atomic E-state index is -0.643. The van der Waals surface area contributed by atoms with Gasteiger partial charge in [-0.3, -0.25) is 4.98 Å². The highest BCUT2D eigenvalue weighted by Gasteiger charge is 2.27. The van der Waals surface area contributed by atoms with Crippen molar-refractivity contribution in [3.63, 3.8) is 0 Å². The van der Waals surface area contributed by atoms with E-state index >= 15 is 0 Å². The molecule has 0 amide bonds. The van der Waals surface area contributed by atoms with Gasteiger partial charge in [0.1, 0.15) is 5.82 Å².